The highest BCUT2D eigenvalue weighted by atomic mass is 35.5. The summed E-state index contributed by atoms with van der Waals surface area (Å²) in [5.41, 5.74) is 2.37. The van der Waals surface area contributed by atoms with Crippen LogP contribution in [0.2, 0.25) is 5.02 Å². The van der Waals surface area contributed by atoms with Gasteiger partial charge in [0.2, 0.25) is 5.78 Å². The van der Waals surface area contributed by atoms with Gasteiger partial charge in [0.25, 0.3) is 5.56 Å². The number of hydrogen-bond donors (Lipinski definition) is 2. The van der Waals surface area contributed by atoms with E-state index in [1.165, 1.54) is 4.40 Å². The first-order chi connectivity index (χ1) is 12.2. The molecule has 0 aliphatic heterocycles. The summed E-state index contributed by atoms with van der Waals surface area (Å²) in [5.74, 6) is 0.464. The van der Waals surface area contributed by atoms with Gasteiger partial charge in [-0.2, -0.15) is 4.98 Å². The van der Waals surface area contributed by atoms with Gasteiger partial charge in [-0.25, -0.2) is 9.38 Å². The van der Waals surface area contributed by atoms with Crippen molar-refractivity contribution in [1.82, 2.24) is 23.9 Å². The number of hydrogen-bond acceptors (Lipinski definition) is 4. The first kappa shape index (κ1) is 15.9. The van der Waals surface area contributed by atoms with Crippen molar-refractivity contribution in [2.45, 2.75) is 19.4 Å². The van der Waals surface area contributed by atoms with Gasteiger partial charge < -0.3 is 14.7 Å². The van der Waals surface area contributed by atoms with Gasteiger partial charge in [-0.3, -0.25) is 4.79 Å². The SMILES string of the molecule is O=c1c2ncn(CCCCO)c2nc2[nH]c(-c3ccc(Cl)cc3)cn12. The molecule has 7 nitrogen and oxygen atoms in total. The van der Waals surface area contributed by atoms with Gasteiger partial charge in [-0.15, -0.1) is 0 Å². The van der Waals surface area contributed by atoms with Gasteiger partial charge in [0.15, 0.2) is 11.2 Å². The van der Waals surface area contributed by atoms with Crippen molar-refractivity contribution in [3.63, 3.8) is 0 Å². The van der Waals surface area contributed by atoms with Gasteiger partial charge >= 0.3 is 0 Å². The topological polar surface area (TPSA) is 88.2 Å². The fourth-order valence-electron chi connectivity index (χ4n) is 2.83. The smallest absolute Gasteiger partial charge is 0.287 e. The molecule has 25 heavy (non-hydrogen) atoms. The summed E-state index contributed by atoms with van der Waals surface area (Å²) < 4.78 is 3.31. The molecule has 0 radical (unpaired) electrons. The zero-order valence-corrected chi connectivity index (χ0v) is 14.1. The normalized spacial score (nSPS) is 11.6. The molecule has 0 aliphatic carbocycles. The lowest BCUT2D eigenvalue weighted by atomic mass is 10.2. The molecule has 3 heterocycles. The Morgan fingerprint density at radius 3 is 2.76 bits per heavy atom. The number of halogens is 1. The van der Waals surface area contributed by atoms with Crippen molar-refractivity contribution in [2.75, 3.05) is 6.61 Å². The van der Waals surface area contributed by atoms with Crippen LogP contribution < -0.4 is 5.56 Å². The maximum Gasteiger partial charge on any atom is 0.287 e. The number of H-pyrrole nitrogens is 1. The second kappa shape index (κ2) is 6.34. The number of benzene rings is 1. The number of aryl methyl sites for hydroxylation is 1. The lowest BCUT2D eigenvalue weighted by molar-refractivity contribution is 0.281. The maximum atomic E-state index is 12.7. The Balaban J connectivity index is 1.81. The van der Waals surface area contributed by atoms with Crippen molar-refractivity contribution in [1.29, 1.82) is 0 Å². The quantitative estimate of drug-likeness (QED) is 0.537. The first-order valence-corrected chi connectivity index (χ1v) is 8.38. The highest BCUT2D eigenvalue weighted by Crippen LogP contribution is 2.21. The third-order valence-corrected chi connectivity index (χ3v) is 4.39. The molecule has 0 fully saturated rings. The maximum absolute atomic E-state index is 12.7. The number of aliphatic hydroxyl groups is 1. The number of rotatable bonds is 5. The summed E-state index contributed by atoms with van der Waals surface area (Å²) in [4.78, 5) is 24.6. The molecule has 0 saturated heterocycles. The average Bonchev–Trinajstić information content (AvgIpc) is 3.21. The van der Waals surface area contributed by atoms with E-state index < -0.39 is 0 Å². The Morgan fingerprint density at radius 2 is 2.00 bits per heavy atom. The lowest BCUT2D eigenvalue weighted by Gasteiger charge is -2.02. The van der Waals surface area contributed by atoms with Gasteiger partial charge in [0, 0.05) is 24.4 Å². The minimum Gasteiger partial charge on any atom is -0.396 e. The molecular weight excluding hydrogens is 342 g/mol. The monoisotopic (exact) mass is 357 g/mol. The molecule has 0 amide bonds. The molecule has 8 heteroatoms. The fourth-order valence-corrected chi connectivity index (χ4v) is 2.96. The van der Waals surface area contributed by atoms with Crippen LogP contribution in [0, 0.1) is 0 Å². The van der Waals surface area contributed by atoms with E-state index in [1.54, 1.807) is 24.7 Å². The summed E-state index contributed by atoms with van der Waals surface area (Å²) >= 11 is 5.92. The molecule has 0 bridgehead atoms. The van der Waals surface area contributed by atoms with Gasteiger partial charge in [-0.05, 0) is 30.5 Å². The predicted molar refractivity (Wildman–Crippen MR) is 95.9 cm³/mol. The van der Waals surface area contributed by atoms with Crippen molar-refractivity contribution >= 4 is 28.5 Å². The van der Waals surface area contributed by atoms with E-state index in [9.17, 15) is 4.79 Å². The van der Waals surface area contributed by atoms with E-state index in [-0.39, 0.29) is 12.2 Å². The van der Waals surface area contributed by atoms with Crippen molar-refractivity contribution in [3.8, 4) is 11.3 Å². The minimum atomic E-state index is -0.211. The van der Waals surface area contributed by atoms with Crippen LogP contribution in [0.15, 0.2) is 41.6 Å². The number of imidazole rings is 2. The zero-order chi connectivity index (χ0) is 17.4. The van der Waals surface area contributed by atoms with Crippen LogP contribution in [-0.2, 0) is 6.54 Å². The zero-order valence-electron chi connectivity index (χ0n) is 13.3. The number of fused-ring (bicyclic) bond motifs is 2. The van der Waals surface area contributed by atoms with E-state index in [4.69, 9.17) is 16.7 Å². The highest BCUT2D eigenvalue weighted by Gasteiger charge is 2.14. The number of unbranched alkanes of at least 4 members (excludes halogenated alkanes) is 1. The Morgan fingerprint density at radius 1 is 1.20 bits per heavy atom. The molecule has 0 atom stereocenters. The molecular formula is C17H16ClN5O2. The standard InChI is InChI=1S/C17H16ClN5O2/c18-12-5-3-11(4-6-12)13-9-23-16(25)14-15(21-17(23)20-13)22(10-19-14)7-1-2-8-24/h3-6,9-10,24H,1-2,7-8H2,(H,20,21). The Bertz CT molecular complexity index is 1090. The summed E-state index contributed by atoms with van der Waals surface area (Å²) in [6, 6.07) is 7.35. The van der Waals surface area contributed by atoms with Crippen LogP contribution >= 0.6 is 11.6 Å². The molecule has 128 valence electrons. The van der Waals surface area contributed by atoms with Gasteiger partial charge in [0.05, 0.1) is 12.0 Å². The number of aromatic amines is 1. The first-order valence-electron chi connectivity index (χ1n) is 8.00. The largest absolute Gasteiger partial charge is 0.396 e. The molecule has 4 aromatic rings. The third-order valence-electron chi connectivity index (χ3n) is 4.14. The van der Waals surface area contributed by atoms with Gasteiger partial charge in [0.1, 0.15) is 0 Å². The number of aromatic nitrogens is 5. The molecule has 3 aromatic heterocycles. The van der Waals surface area contributed by atoms with Crippen LogP contribution in [0.5, 0.6) is 0 Å². The van der Waals surface area contributed by atoms with Gasteiger partial charge in [-0.1, -0.05) is 23.7 Å². The third kappa shape index (κ3) is 2.81. The van der Waals surface area contributed by atoms with E-state index in [0.717, 1.165) is 17.7 Å². The molecule has 0 unspecified atom stereocenters. The van der Waals surface area contributed by atoms with Crippen LogP contribution in [0.1, 0.15) is 12.8 Å². The Labute approximate surface area is 147 Å². The predicted octanol–water partition coefficient (Wildman–Crippen LogP) is 2.47. The molecule has 0 spiro atoms. The molecule has 1 aromatic carbocycles. The minimum absolute atomic E-state index is 0.147. The summed E-state index contributed by atoms with van der Waals surface area (Å²) in [5, 5.41) is 9.57. The number of nitrogens with zero attached hydrogens (tertiary/aromatic N) is 4. The van der Waals surface area contributed by atoms with Crippen molar-refractivity contribution in [3.05, 3.63) is 52.2 Å². The molecule has 0 aliphatic rings. The number of nitrogens with one attached hydrogen (secondary N) is 1. The van der Waals surface area contributed by atoms with E-state index in [0.29, 0.717) is 34.9 Å². The van der Waals surface area contributed by atoms with Crippen LogP contribution in [0.4, 0.5) is 0 Å². The summed E-state index contributed by atoms with van der Waals surface area (Å²) in [6.07, 6.45) is 4.84. The lowest BCUT2D eigenvalue weighted by Crippen LogP contribution is -2.14. The second-order valence-corrected chi connectivity index (χ2v) is 6.26. The van der Waals surface area contributed by atoms with Crippen LogP contribution in [-0.4, -0.2) is 35.6 Å². The second-order valence-electron chi connectivity index (χ2n) is 5.83. The Kier molecular flexibility index (Phi) is 4.03. The Hall–Kier alpha value is -2.64. The highest BCUT2D eigenvalue weighted by molar-refractivity contribution is 6.30. The fraction of sp³-hybridized carbons (Fsp3) is 0.235. The van der Waals surface area contributed by atoms with Crippen LogP contribution in [0.25, 0.3) is 28.2 Å². The van der Waals surface area contributed by atoms with E-state index >= 15 is 0 Å². The van der Waals surface area contributed by atoms with Crippen molar-refractivity contribution < 1.29 is 5.11 Å². The molecule has 0 saturated carbocycles. The van der Waals surface area contributed by atoms with E-state index in [2.05, 4.69) is 15.0 Å². The summed E-state index contributed by atoms with van der Waals surface area (Å²) in [7, 11) is 0. The summed E-state index contributed by atoms with van der Waals surface area (Å²) in [6.45, 7) is 0.804. The average molecular weight is 358 g/mol. The molecule has 4 rings (SSSR count). The molecule has 2 N–H and O–H groups in total. The van der Waals surface area contributed by atoms with Crippen LogP contribution in [0.3, 0.4) is 0 Å². The number of aliphatic hydroxyl groups excluding tert-OH is 1. The van der Waals surface area contributed by atoms with E-state index in [1.807, 2.05) is 16.7 Å². The van der Waals surface area contributed by atoms with Crippen molar-refractivity contribution in [2.24, 2.45) is 0 Å².